The van der Waals surface area contributed by atoms with Gasteiger partial charge in [-0.3, -0.25) is 4.79 Å². The summed E-state index contributed by atoms with van der Waals surface area (Å²) >= 11 is 0. The van der Waals surface area contributed by atoms with Gasteiger partial charge in [-0.05, 0) is 30.8 Å². The van der Waals surface area contributed by atoms with Crippen LogP contribution in [0, 0.1) is 17.3 Å². The second kappa shape index (κ2) is 6.01. The second-order valence-corrected chi connectivity index (χ2v) is 6.68. The Hall–Kier alpha value is -1.40. The van der Waals surface area contributed by atoms with Gasteiger partial charge in [-0.15, -0.1) is 0 Å². The van der Waals surface area contributed by atoms with Crippen molar-refractivity contribution in [2.75, 3.05) is 20.3 Å². The average Bonchev–Trinajstić information content (AvgIpc) is 2.87. The van der Waals surface area contributed by atoms with E-state index in [0.29, 0.717) is 13.2 Å². The fourth-order valence-electron chi connectivity index (χ4n) is 3.53. The standard InChI is InChI=1S/C16H25NO5/c1-10(18)17-12(14(19)20-5)8-11-9-13(15(11,2)3)16(4)21-6-7-22-16/h8,11,13H,6-7,9H2,1-5H3,(H,17,18)/b12-8-/t11-,13+/m0/s1. The van der Waals surface area contributed by atoms with Crippen LogP contribution < -0.4 is 5.32 Å². The van der Waals surface area contributed by atoms with Gasteiger partial charge in [0.2, 0.25) is 5.91 Å². The number of rotatable bonds is 4. The van der Waals surface area contributed by atoms with Crippen molar-refractivity contribution in [2.24, 2.45) is 17.3 Å². The number of hydrogen-bond donors (Lipinski definition) is 1. The molecule has 124 valence electrons. The molecule has 2 fully saturated rings. The summed E-state index contributed by atoms with van der Waals surface area (Å²) in [6, 6.07) is 0. The van der Waals surface area contributed by atoms with Gasteiger partial charge in [-0.25, -0.2) is 4.79 Å². The smallest absolute Gasteiger partial charge is 0.354 e. The first-order chi connectivity index (χ1) is 10.2. The van der Waals surface area contributed by atoms with E-state index in [4.69, 9.17) is 14.2 Å². The molecule has 1 amide bonds. The Kier molecular flexibility index (Phi) is 4.63. The number of amides is 1. The molecule has 0 bridgehead atoms. The molecule has 0 aromatic carbocycles. The lowest BCUT2D eigenvalue weighted by Crippen LogP contribution is -2.56. The predicted molar refractivity (Wildman–Crippen MR) is 79.6 cm³/mol. The minimum absolute atomic E-state index is 0.100. The molecule has 2 rings (SSSR count). The first kappa shape index (κ1) is 17.0. The van der Waals surface area contributed by atoms with Crippen molar-refractivity contribution in [1.82, 2.24) is 5.32 Å². The summed E-state index contributed by atoms with van der Waals surface area (Å²) < 4.78 is 16.3. The third kappa shape index (κ3) is 3.03. The maximum Gasteiger partial charge on any atom is 0.354 e. The van der Waals surface area contributed by atoms with E-state index < -0.39 is 11.8 Å². The molecular weight excluding hydrogens is 286 g/mol. The Balaban J connectivity index is 2.14. The van der Waals surface area contributed by atoms with Crippen LogP contribution in [-0.2, 0) is 23.8 Å². The van der Waals surface area contributed by atoms with E-state index in [1.807, 2.05) is 6.92 Å². The summed E-state index contributed by atoms with van der Waals surface area (Å²) in [5, 5.41) is 2.55. The highest BCUT2D eigenvalue weighted by atomic mass is 16.7. The molecular formula is C16H25NO5. The van der Waals surface area contributed by atoms with Gasteiger partial charge in [0, 0.05) is 12.8 Å². The molecule has 1 saturated carbocycles. The van der Waals surface area contributed by atoms with Crippen LogP contribution >= 0.6 is 0 Å². The molecule has 2 aliphatic rings. The molecule has 0 aromatic heterocycles. The molecule has 6 heteroatoms. The maximum atomic E-state index is 11.8. The van der Waals surface area contributed by atoms with E-state index in [9.17, 15) is 9.59 Å². The van der Waals surface area contributed by atoms with Crippen LogP contribution in [0.3, 0.4) is 0 Å². The molecule has 1 heterocycles. The third-order valence-corrected chi connectivity index (χ3v) is 4.92. The minimum Gasteiger partial charge on any atom is -0.464 e. The van der Waals surface area contributed by atoms with E-state index >= 15 is 0 Å². The van der Waals surface area contributed by atoms with E-state index in [2.05, 4.69) is 19.2 Å². The predicted octanol–water partition coefficient (Wildman–Crippen LogP) is 1.60. The van der Waals surface area contributed by atoms with Crippen LogP contribution in [0.15, 0.2) is 11.8 Å². The molecule has 22 heavy (non-hydrogen) atoms. The van der Waals surface area contributed by atoms with Gasteiger partial charge < -0.3 is 19.5 Å². The van der Waals surface area contributed by atoms with Gasteiger partial charge >= 0.3 is 5.97 Å². The van der Waals surface area contributed by atoms with Gasteiger partial charge in [-0.2, -0.15) is 0 Å². The number of esters is 1. The van der Waals surface area contributed by atoms with Crippen LogP contribution in [0.2, 0.25) is 0 Å². The van der Waals surface area contributed by atoms with Crippen molar-refractivity contribution in [3.05, 3.63) is 11.8 Å². The van der Waals surface area contributed by atoms with Crippen molar-refractivity contribution in [2.45, 2.75) is 39.9 Å². The normalized spacial score (nSPS) is 29.6. The average molecular weight is 311 g/mol. The highest BCUT2D eigenvalue weighted by molar-refractivity contribution is 5.93. The van der Waals surface area contributed by atoms with Crippen LogP contribution in [0.4, 0.5) is 0 Å². The van der Waals surface area contributed by atoms with Gasteiger partial charge in [0.15, 0.2) is 5.79 Å². The van der Waals surface area contributed by atoms with Crippen LogP contribution in [0.25, 0.3) is 0 Å². The molecule has 2 atom stereocenters. The molecule has 6 nitrogen and oxygen atoms in total. The lowest BCUT2D eigenvalue weighted by molar-refractivity contribution is -0.246. The van der Waals surface area contributed by atoms with Crippen molar-refractivity contribution < 1.29 is 23.8 Å². The van der Waals surface area contributed by atoms with E-state index in [0.717, 1.165) is 6.42 Å². The molecule has 1 aliphatic carbocycles. The van der Waals surface area contributed by atoms with Crippen LogP contribution in [0.1, 0.15) is 34.1 Å². The van der Waals surface area contributed by atoms with E-state index in [-0.39, 0.29) is 28.9 Å². The Morgan fingerprint density at radius 1 is 1.23 bits per heavy atom. The van der Waals surface area contributed by atoms with Crippen molar-refractivity contribution >= 4 is 11.9 Å². The zero-order chi connectivity index (χ0) is 16.5. The number of methoxy groups -OCH3 is 1. The van der Waals surface area contributed by atoms with Gasteiger partial charge in [-0.1, -0.05) is 13.8 Å². The second-order valence-electron chi connectivity index (χ2n) is 6.68. The minimum atomic E-state index is -0.562. The summed E-state index contributed by atoms with van der Waals surface area (Å²) in [5.74, 6) is -1.01. The van der Waals surface area contributed by atoms with Crippen molar-refractivity contribution in [3.63, 3.8) is 0 Å². The Bertz CT molecular complexity index is 491. The summed E-state index contributed by atoms with van der Waals surface area (Å²) in [7, 11) is 1.30. The number of hydrogen-bond acceptors (Lipinski definition) is 5. The highest BCUT2D eigenvalue weighted by Gasteiger charge is 2.57. The summed E-state index contributed by atoms with van der Waals surface area (Å²) in [6.45, 7) is 8.82. The van der Waals surface area contributed by atoms with E-state index in [1.165, 1.54) is 14.0 Å². The third-order valence-electron chi connectivity index (χ3n) is 4.92. The Labute approximate surface area is 131 Å². The maximum absolute atomic E-state index is 11.8. The lowest BCUT2D eigenvalue weighted by atomic mass is 9.52. The summed E-state index contributed by atoms with van der Waals surface area (Å²) in [6.07, 6.45) is 2.63. The highest BCUT2D eigenvalue weighted by Crippen LogP contribution is 2.58. The summed E-state index contributed by atoms with van der Waals surface area (Å²) in [4.78, 5) is 23.0. The monoisotopic (exact) mass is 311 g/mol. The van der Waals surface area contributed by atoms with Crippen molar-refractivity contribution in [3.8, 4) is 0 Å². The fourth-order valence-corrected chi connectivity index (χ4v) is 3.53. The quantitative estimate of drug-likeness (QED) is 0.630. The molecule has 0 unspecified atom stereocenters. The number of ether oxygens (including phenoxy) is 3. The van der Waals surface area contributed by atoms with E-state index in [1.54, 1.807) is 6.08 Å². The van der Waals surface area contributed by atoms with Crippen LogP contribution in [0.5, 0.6) is 0 Å². The van der Waals surface area contributed by atoms with Crippen molar-refractivity contribution in [1.29, 1.82) is 0 Å². The van der Waals surface area contributed by atoms with Gasteiger partial charge in [0.05, 0.1) is 20.3 Å². The zero-order valence-electron chi connectivity index (χ0n) is 13.9. The topological polar surface area (TPSA) is 73.9 Å². The number of carbonyl (C=O) groups is 2. The number of allylic oxidation sites excluding steroid dienone is 1. The number of nitrogens with one attached hydrogen (secondary N) is 1. The lowest BCUT2D eigenvalue weighted by Gasteiger charge is -2.56. The first-order valence-corrected chi connectivity index (χ1v) is 7.56. The number of carbonyl (C=O) groups excluding carboxylic acids is 2. The Morgan fingerprint density at radius 2 is 1.82 bits per heavy atom. The van der Waals surface area contributed by atoms with Gasteiger partial charge in [0.25, 0.3) is 0 Å². The largest absolute Gasteiger partial charge is 0.464 e. The molecule has 1 aliphatic heterocycles. The SMILES string of the molecule is COC(=O)/C(=C/[C@H]1C[C@@H](C2(C)OCCO2)C1(C)C)NC(C)=O. The molecule has 0 radical (unpaired) electrons. The molecule has 1 saturated heterocycles. The zero-order valence-corrected chi connectivity index (χ0v) is 13.9. The molecule has 0 spiro atoms. The molecule has 0 aromatic rings. The first-order valence-electron chi connectivity index (χ1n) is 7.56. The van der Waals surface area contributed by atoms with Gasteiger partial charge in [0.1, 0.15) is 5.70 Å². The van der Waals surface area contributed by atoms with Crippen LogP contribution in [-0.4, -0.2) is 38.0 Å². The Morgan fingerprint density at radius 3 is 2.27 bits per heavy atom. The molecule has 1 N–H and O–H groups in total. The fraction of sp³-hybridized carbons (Fsp3) is 0.750. The summed E-state index contributed by atoms with van der Waals surface area (Å²) in [5.41, 5.74) is 0.0986.